The highest BCUT2D eigenvalue weighted by Gasteiger charge is 2.29. The summed E-state index contributed by atoms with van der Waals surface area (Å²) in [5.41, 5.74) is 6.04. The van der Waals surface area contributed by atoms with E-state index in [1.54, 1.807) is 0 Å². The van der Waals surface area contributed by atoms with Crippen LogP contribution in [0.2, 0.25) is 0 Å². The van der Waals surface area contributed by atoms with Crippen molar-refractivity contribution in [3.8, 4) is 0 Å². The van der Waals surface area contributed by atoms with Crippen LogP contribution in [0.3, 0.4) is 0 Å². The van der Waals surface area contributed by atoms with Gasteiger partial charge in [-0.1, -0.05) is 12.8 Å². The van der Waals surface area contributed by atoms with E-state index in [0.29, 0.717) is 6.04 Å². The van der Waals surface area contributed by atoms with Gasteiger partial charge in [-0.15, -0.1) is 0 Å². The molecule has 2 N–H and O–H groups in total. The first-order chi connectivity index (χ1) is 5.36. The minimum atomic E-state index is 0.525. The molecular formula is C9H17NS. The quantitative estimate of drug-likeness (QED) is 0.686. The van der Waals surface area contributed by atoms with E-state index in [1.807, 2.05) is 0 Å². The van der Waals surface area contributed by atoms with Crippen molar-refractivity contribution in [1.82, 2.24) is 0 Å². The van der Waals surface area contributed by atoms with Crippen LogP contribution >= 0.6 is 11.8 Å². The highest BCUT2D eigenvalue weighted by Crippen LogP contribution is 2.38. The van der Waals surface area contributed by atoms with Crippen molar-refractivity contribution in [1.29, 1.82) is 0 Å². The molecule has 64 valence electrons. The van der Waals surface area contributed by atoms with Crippen molar-refractivity contribution in [3.05, 3.63) is 0 Å². The molecule has 1 aliphatic carbocycles. The highest BCUT2D eigenvalue weighted by molar-refractivity contribution is 7.99. The molecule has 0 radical (unpaired) electrons. The van der Waals surface area contributed by atoms with Crippen molar-refractivity contribution in [2.45, 2.75) is 31.7 Å². The third-order valence-electron chi connectivity index (χ3n) is 2.87. The SMILES string of the molecule is NC1CCSCC1CC1CC1. The fourth-order valence-electron chi connectivity index (χ4n) is 1.84. The van der Waals surface area contributed by atoms with E-state index in [2.05, 4.69) is 11.8 Å². The maximum absolute atomic E-state index is 6.04. The molecule has 2 fully saturated rings. The van der Waals surface area contributed by atoms with Crippen LogP contribution in [-0.2, 0) is 0 Å². The lowest BCUT2D eigenvalue weighted by Gasteiger charge is -2.28. The topological polar surface area (TPSA) is 26.0 Å². The predicted molar refractivity (Wildman–Crippen MR) is 50.7 cm³/mol. The Morgan fingerprint density at radius 1 is 1.27 bits per heavy atom. The Kier molecular flexibility index (Phi) is 2.42. The van der Waals surface area contributed by atoms with Gasteiger partial charge >= 0.3 is 0 Å². The molecule has 1 heterocycles. The molecule has 0 aromatic heterocycles. The summed E-state index contributed by atoms with van der Waals surface area (Å²) >= 11 is 2.10. The Labute approximate surface area is 73.1 Å². The van der Waals surface area contributed by atoms with Crippen molar-refractivity contribution in [2.75, 3.05) is 11.5 Å². The van der Waals surface area contributed by atoms with Crippen LogP contribution in [0.5, 0.6) is 0 Å². The average molecular weight is 171 g/mol. The first-order valence-electron chi connectivity index (χ1n) is 4.69. The minimum Gasteiger partial charge on any atom is -0.327 e. The smallest absolute Gasteiger partial charge is 0.00829 e. The molecule has 0 spiro atoms. The lowest BCUT2D eigenvalue weighted by Crippen LogP contribution is -2.35. The predicted octanol–water partition coefficient (Wildman–Crippen LogP) is 1.87. The second-order valence-electron chi connectivity index (χ2n) is 3.97. The summed E-state index contributed by atoms with van der Waals surface area (Å²) in [5.74, 6) is 4.53. The molecule has 2 unspecified atom stereocenters. The number of hydrogen-bond acceptors (Lipinski definition) is 2. The van der Waals surface area contributed by atoms with Gasteiger partial charge in [0.05, 0.1) is 0 Å². The summed E-state index contributed by atoms with van der Waals surface area (Å²) in [6.45, 7) is 0. The summed E-state index contributed by atoms with van der Waals surface area (Å²) in [6.07, 6.45) is 5.64. The van der Waals surface area contributed by atoms with E-state index in [1.165, 1.54) is 37.2 Å². The number of rotatable bonds is 2. The lowest BCUT2D eigenvalue weighted by molar-refractivity contribution is 0.397. The van der Waals surface area contributed by atoms with E-state index < -0.39 is 0 Å². The normalized spacial score (nSPS) is 39.0. The van der Waals surface area contributed by atoms with E-state index in [-0.39, 0.29) is 0 Å². The molecule has 1 aliphatic heterocycles. The van der Waals surface area contributed by atoms with Crippen LogP contribution < -0.4 is 5.73 Å². The van der Waals surface area contributed by atoms with Gasteiger partial charge in [-0.05, 0) is 36.2 Å². The standard InChI is InChI=1S/C9H17NS/c10-9-3-4-11-6-8(9)5-7-1-2-7/h7-9H,1-6,10H2. The van der Waals surface area contributed by atoms with Crippen LogP contribution in [0.4, 0.5) is 0 Å². The van der Waals surface area contributed by atoms with Crippen molar-refractivity contribution in [3.63, 3.8) is 0 Å². The van der Waals surface area contributed by atoms with Crippen LogP contribution in [-0.4, -0.2) is 17.5 Å². The first kappa shape index (κ1) is 7.93. The Balaban J connectivity index is 1.78. The molecule has 1 nitrogen and oxygen atoms in total. The molecule has 0 aromatic carbocycles. The molecule has 2 aliphatic rings. The van der Waals surface area contributed by atoms with Gasteiger partial charge in [-0.25, -0.2) is 0 Å². The summed E-state index contributed by atoms with van der Waals surface area (Å²) in [5, 5.41) is 0. The van der Waals surface area contributed by atoms with E-state index in [9.17, 15) is 0 Å². The summed E-state index contributed by atoms with van der Waals surface area (Å²) in [6, 6.07) is 0.525. The Morgan fingerprint density at radius 3 is 2.73 bits per heavy atom. The Morgan fingerprint density at radius 2 is 2.09 bits per heavy atom. The first-order valence-corrected chi connectivity index (χ1v) is 5.85. The molecule has 0 aromatic rings. The molecule has 1 saturated heterocycles. The molecule has 0 bridgehead atoms. The number of hydrogen-bond donors (Lipinski definition) is 1. The third-order valence-corrected chi connectivity index (χ3v) is 4.05. The van der Waals surface area contributed by atoms with Crippen molar-refractivity contribution >= 4 is 11.8 Å². The molecular weight excluding hydrogens is 154 g/mol. The average Bonchev–Trinajstić information content (AvgIpc) is 2.78. The summed E-state index contributed by atoms with van der Waals surface area (Å²) < 4.78 is 0. The zero-order chi connectivity index (χ0) is 7.68. The largest absolute Gasteiger partial charge is 0.327 e. The van der Waals surface area contributed by atoms with Gasteiger partial charge in [0.15, 0.2) is 0 Å². The number of nitrogens with two attached hydrogens (primary N) is 1. The van der Waals surface area contributed by atoms with Gasteiger partial charge in [0.25, 0.3) is 0 Å². The molecule has 0 amide bonds. The van der Waals surface area contributed by atoms with Gasteiger partial charge < -0.3 is 5.73 Å². The zero-order valence-electron chi connectivity index (χ0n) is 6.96. The molecule has 2 atom stereocenters. The lowest BCUT2D eigenvalue weighted by atomic mass is 9.94. The molecule has 1 saturated carbocycles. The second-order valence-corrected chi connectivity index (χ2v) is 5.12. The van der Waals surface area contributed by atoms with Crippen molar-refractivity contribution in [2.24, 2.45) is 17.6 Å². The zero-order valence-corrected chi connectivity index (χ0v) is 7.78. The molecule has 11 heavy (non-hydrogen) atoms. The van der Waals surface area contributed by atoms with Gasteiger partial charge in [0.1, 0.15) is 0 Å². The molecule has 2 rings (SSSR count). The van der Waals surface area contributed by atoms with Gasteiger partial charge in [-0.2, -0.15) is 11.8 Å². The van der Waals surface area contributed by atoms with E-state index in [0.717, 1.165) is 11.8 Å². The Bertz CT molecular complexity index is 134. The van der Waals surface area contributed by atoms with Crippen molar-refractivity contribution < 1.29 is 0 Å². The molecule has 2 heteroatoms. The van der Waals surface area contributed by atoms with Crippen LogP contribution in [0.1, 0.15) is 25.7 Å². The fraction of sp³-hybridized carbons (Fsp3) is 1.00. The second kappa shape index (κ2) is 3.36. The summed E-state index contributed by atoms with van der Waals surface area (Å²) in [4.78, 5) is 0. The monoisotopic (exact) mass is 171 g/mol. The minimum absolute atomic E-state index is 0.525. The van der Waals surface area contributed by atoms with Crippen LogP contribution in [0, 0.1) is 11.8 Å². The van der Waals surface area contributed by atoms with Gasteiger partial charge in [0.2, 0.25) is 0 Å². The Hall–Kier alpha value is 0.310. The van der Waals surface area contributed by atoms with Crippen LogP contribution in [0.15, 0.2) is 0 Å². The van der Waals surface area contributed by atoms with Crippen LogP contribution in [0.25, 0.3) is 0 Å². The summed E-state index contributed by atoms with van der Waals surface area (Å²) in [7, 11) is 0. The van der Waals surface area contributed by atoms with Gasteiger partial charge in [-0.3, -0.25) is 0 Å². The highest BCUT2D eigenvalue weighted by atomic mass is 32.2. The maximum Gasteiger partial charge on any atom is 0.00829 e. The maximum atomic E-state index is 6.04. The van der Waals surface area contributed by atoms with Gasteiger partial charge in [0, 0.05) is 6.04 Å². The third kappa shape index (κ3) is 2.12. The van der Waals surface area contributed by atoms with E-state index in [4.69, 9.17) is 5.73 Å². The number of thioether (sulfide) groups is 1. The fourth-order valence-corrected chi connectivity index (χ4v) is 3.13. The van der Waals surface area contributed by atoms with E-state index >= 15 is 0 Å².